The molecule has 0 radical (unpaired) electrons. The minimum atomic E-state index is -0.149. The number of aryl methyl sites for hydroxylation is 1. The molecule has 2 heterocycles. The number of hydrogen-bond donors (Lipinski definition) is 1. The molecular weight excluding hydrogens is 352 g/mol. The van der Waals surface area contributed by atoms with Crippen molar-refractivity contribution in [1.82, 2.24) is 20.1 Å². The van der Waals surface area contributed by atoms with Gasteiger partial charge in [-0.15, -0.1) is 0 Å². The number of hydrogen-bond acceptors (Lipinski definition) is 3. The molecule has 2 aromatic rings. The van der Waals surface area contributed by atoms with E-state index >= 15 is 0 Å². The SMILES string of the molecule is Cc1ccc(C(=O)N2CCN(C(=O)NCc3ccc(Cl)cn3)CC2)cc1. The van der Waals surface area contributed by atoms with Crippen LogP contribution in [-0.4, -0.2) is 52.9 Å². The largest absolute Gasteiger partial charge is 0.335 e. The molecule has 1 N–H and O–H groups in total. The molecule has 1 aliphatic heterocycles. The normalized spacial score (nSPS) is 14.2. The van der Waals surface area contributed by atoms with Crippen molar-refractivity contribution in [2.45, 2.75) is 13.5 Å². The van der Waals surface area contributed by atoms with E-state index in [4.69, 9.17) is 11.6 Å². The zero-order valence-electron chi connectivity index (χ0n) is 14.6. The van der Waals surface area contributed by atoms with Crippen molar-refractivity contribution in [1.29, 1.82) is 0 Å². The molecule has 0 aliphatic carbocycles. The van der Waals surface area contributed by atoms with Crippen molar-refractivity contribution >= 4 is 23.5 Å². The maximum Gasteiger partial charge on any atom is 0.317 e. The molecule has 0 bridgehead atoms. The quantitative estimate of drug-likeness (QED) is 0.900. The van der Waals surface area contributed by atoms with Gasteiger partial charge >= 0.3 is 6.03 Å². The Bertz CT molecular complexity index is 769. The third-order valence-corrected chi connectivity index (χ3v) is 4.59. The monoisotopic (exact) mass is 372 g/mol. The number of nitrogens with zero attached hydrogens (tertiary/aromatic N) is 3. The number of amides is 3. The van der Waals surface area contributed by atoms with Crippen molar-refractivity contribution in [3.8, 4) is 0 Å². The van der Waals surface area contributed by atoms with Crippen LogP contribution in [0.1, 0.15) is 21.6 Å². The topological polar surface area (TPSA) is 65.5 Å². The van der Waals surface area contributed by atoms with Crippen LogP contribution in [0.15, 0.2) is 42.6 Å². The molecule has 1 aromatic carbocycles. The summed E-state index contributed by atoms with van der Waals surface area (Å²) >= 11 is 5.80. The summed E-state index contributed by atoms with van der Waals surface area (Å²) in [4.78, 5) is 32.4. The Balaban J connectivity index is 1.48. The molecule has 3 rings (SSSR count). The first-order valence-electron chi connectivity index (χ1n) is 8.52. The smallest absolute Gasteiger partial charge is 0.317 e. The number of piperazine rings is 1. The summed E-state index contributed by atoms with van der Waals surface area (Å²) in [7, 11) is 0. The lowest BCUT2D eigenvalue weighted by atomic mass is 10.1. The van der Waals surface area contributed by atoms with Crippen LogP contribution < -0.4 is 5.32 Å². The summed E-state index contributed by atoms with van der Waals surface area (Å²) in [5, 5.41) is 3.41. The number of urea groups is 1. The fourth-order valence-corrected chi connectivity index (χ4v) is 2.89. The summed E-state index contributed by atoms with van der Waals surface area (Å²) in [6.07, 6.45) is 1.55. The lowest BCUT2D eigenvalue weighted by Gasteiger charge is -2.34. The van der Waals surface area contributed by atoms with Crippen LogP contribution in [0.5, 0.6) is 0 Å². The highest BCUT2D eigenvalue weighted by Gasteiger charge is 2.24. The molecule has 3 amide bonds. The first-order chi connectivity index (χ1) is 12.5. The van der Waals surface area contributed by atoms with Crippen LogP contribution in [-0.2, 0) is 6.54 Å². The summed E-state index contributed by atoms with van der Waals surface area (Å²) < 4.78 is 0. The van der Waals surface area contributed by atoms with Gasteiger partial charge < -0.3 is 15.1 Å². The van der Waals surface area contributed by atoms with Crippen molar-refractivity contribution < 1.29 is 9.59 Å². The van der Waals surface area contributed by atoms with Crippen LogP contribution in [0.25, 0.3) is 0 Å². The third-order valence-electron chi connectivity index (χ3n) is 4.36. The van der Waals surface area contributed by atoms with Gasteiger partial charge in [0, 0.05) is 37.9 Å². The van der Waals surface area contributed by atoms with Gasteiger partial charge in [0.05, 0.1) is 17.3 Å². The number of carbonyl (C=O) groups excluding carboxylic acids is 2. The fraction of sp³-hybridized carbons (Fsp3) is 0.316. The number of halogens is 1. The van der Waals surface area contributed by atoms with Gasteiger partial charge in [-0.2, -0.15) is 0 Å². The van der Waals surface area contributed by atoms with E-state index in [0.29, 0.717) is 43.3 Å². The predicted molar refractivity (Wildman–Crippen MR) is 100 cm³/mol. The Kier molecular flexibility index (Phi) is 5.73. The lowest BCUT2D eigenvalue weighted by molar-refractivity contribution is 0.0665. The van der Waals surface area contributed by atoms with Gasteiger partial charge in [-0.25, -0.2) is 4.79 Å². The molecule has 0 spiro atoms. The van der Waals surface area contributed by atoms with Gasteiger partial charge in [0.1, 0.15) is 0 Å². The zero-order chi connectivity index (χ0) is 18.5. The second kappa shape index (κ2) is 8.19. The van der Waals surface area contributed by atoms with E-state index in [2.05, 4.69) is 10.3 Å². The average molecular weight is 373 g/mol. The van der Waals surface area contributed by atoms with Crippen molar-refractivity contribution in [3.63, 3.8) is 0 Å². The molecule has 6 nitrogen and oxygen atoms in total. The second-order valence-electron chi connectivity index (χ2n) is 6.27. The molecule has 7 heteroatoms. The van der Waals surface area contributed by atoms with Gasteiger partial charge in [0.2, 0.25) is 0 Å². The number of nitrogens with one attached hydrogen (secondary N) is 1. The summed E-state index contributed by atoms with van der Waals surface area (Å²) in [5.41, 5.74) is 2.55. The predicted octanol–water partition coefficient (Wildman–Crippen LogP) is 2.71. The molecule has 1 saturated heterocycles. The van der Waals surface area contributed by atoms with E-state index in [1.807, 2.05) is 31.2 Å². The fourth-order valence-electron chi connectivity index (χ4n) is 2.78. The first-order valence-corrected chi connectivity index (χ1v) is 8.90. The molecule has 1 aliphatic rings. The second-order valence-corrected chi connectivity index (χ2v) is 6.71. The molecule has 1 fully saturated rings. The maximum absolute atomic E-state index is 12.5. The minimum Gasteiger partial charge on any atom is -0.335 e. The highest BCUT2D eigenvalue weighted by Crippen LogP contribution is 2.11. The van der Waals surface area contributed by atoms with Crippen LogP contribution in [0.3, 0.4) is 0 Å². The summed E-state index contributed by atoms with van der Waals surface area (Å²) in [6.45, 7) is 4.41. The minimum absolute atomic E-state index is 0.00965. The maximum atomic E-state index is 12.5. The van der Waals surface area contributed by atoms with E-state index in [-0.39, 0.29) is 11.9 Å². The van der Waals surface area contributed by atoms with Gasteiger partial charge in [-0.3, -0.25) is 9.78 Å². The number of benzene rings is 1. The van der Waals surface area contributed by atoms with E-state index < -0.39 is 0 Å². The Labute approximate surface area is 157 Å². The Morgan fingerprint density at radius 3 is 2.31 bits per heavy atom. The summed E-state index contributed by atoms with van der Waals surface area (Å²) in [6, 6.07) is 10.9. The van der Waals surface area contributed by atoms with Gasteiger partial charge in [0.15, 0.2) is 0 Å². The van der Waals surface area contributed by atoms with E-state index in [1.165, 1.54) is 0 Å². The average Bonchev–Trinajstić information content (AvgIpc) is 2.67. The van der Waals surface area contributed by atoms with E-state index in [0.717, 1.165) is 11.3 Å². The van der Waals surface area contributed by atoms with Crippen LogP contribution in [0.2, 0.25) is 5.02 Å². The Morgan fingerprint density at radius 2 is 1.69 bits per heavy atom. The highest BCUT2D eigenvalue weighted by molar-refractivity contribution is 6.30. The van der Waals surface area contributed by atoms with Crippen LogP contribution in [0, 0.1) is 6.92 Å². The molecule has 1 aromatic heterocycles. The molecule has 26 heavy (non-hydrogen) atoms. The number of aromatic nitrogens is 1. The third kappa shape index (κ3) is 4.52. The van der Waals surface area contributed by atoms with Gasteiger partial charge in [0.25, 0.3) is 5.91 Å². The van der Waals surface area contributed by atoms with Crippen LogP contribution in [0.4, 0.5) is 4.79 Å². The Hall–Kier alpha value is -2.60. The molecule has 136 valence electrons. The molecular formula is C19H21ClN4O2. The lowest BCUT2D eigenvalue weighted by Crippen LogP contribution is -2.53. The standard InChI is InChI=1S/C19H21ClN4O2/c1-14-2-4-15(5-3-14)18(25)23-8-10-24(11-9-23)19(26)22-13-17-7-6-16(20)12-21-17/h2-7,12H,8-11,13H2,1H3,(H,22,26). The zero-order valence-corrected chi connectivity index (χ0v) is 15.4. The number of pyridine rings is 1. The Morgan fingerprint density at radius 1 is 1.04 bits per heavy atom. The van der Waals surface area contributed by atoms with E-state index in [1.54, 1.807) is 28.1 Å². The first kappa shape index (κ1) is 18.2. The van der Waals surface area contributed by atoms with Crippen molar-refractivity contribution in [3.05, 3.63) is 64.4 Å². The molecule has 0 atom stereocenters. The number of rotatable bonds is 3. The highest BCUT2D eigenvalue weighted by atomic mass is 35.5. The van der Waals surface area contributed by atoms with Gasteiger partial charge in [-0.05, 0) is 31.2 Å². The number of carbonyl (C=O) groups is 2. The van der Waals surface area contributed by atoms with Crippen molar-refractivity contribution in [2.75, 3.05) is 26.2 Å². The summed E-state index contributed by atoms with van der Waals surface area (Å²) in [5.74, 6) is 0.00965. The molecule has 0 unspecified atom stereocenters. The molecule has 0 saturated carbocycles. The van der Waals surface area contributed by atoms with Gasteiger partial charge in [-0.1, -0.05) is 29.3 Å². The van der Waals surface area contributed by atoms with E-state index in [9.17, 15) is 9.59 Å². The van der Waals surface area contributed by atoms with Crippen molar-refractivity contribution in [2.24, 2.45) is 0 Å². The van der Waals surface area contributed by atoms with Crippen LogP contribution >= 0.6 is 11.6 Å².